The highest BCUT2D eigenvalue weighted by molar-refractivity contribution is 6.31. The molecule has 156 valence electrons. The van der Waals surface area contributed by atoms with Crippen molar-refractivity contribution in [2.75, 3.05) is 0 Å². The van der Waals surface area contributed by atoms with Crippen LogP contribution in [-0.4, -0.2) is 22.9 Å². The second-order valence-corrected chi connectivity index (χ2v) is 7.42. The zero-order valence-electron chi connectivity index (χ0n) is 16.4. The summed E-state index contributed by atoms with van der Waals surface area (Å²) in [6.45, 7) is -0.0277. The maximum Gasteiger partial charge on any atom is 0.261 e. The molecule has 3 aromatic rings. The van der Waals surface area contributed by atoms with E-state index in [4.69, 9.17) is 16.4 Å². The molecule has 0 radical (unpaired) electrons. The zero-order chi connectivity index (χ0) is 21.8. The van der Waals surface area contributed by atoms with Crippen LogP contribution in [0, 0.1) is 5.82 Å². The van der Waals surface area contributed by atoms with Gasteiger partial charge in [-0.25, -0.2) is 4.39 Å². The zero-order valence-corrected chi connectivity index (χ0v) is 17.1. The highest BCUT2D eigenvalue weighted by Gasteiger charge is 2.37. The lowest BCUT2D eigenvalue weighted by molar-refractivity contribution is -0.129. The van der Waals surface area contributed by atoms with Crippen LogP contribution in [-0.2, 0) is 22.8 Å². The molecule has 0 bridgehead atoms. The molecule has 1 heterocycles. The van der Waals surface area contributed by atoms with Gasteiger partial charge >= 0.3 is 0 Å². The number of nitrogens with zero attached hydrogens (tertiary/aromatic N) is 2. The second kappa shape index (κ2) is 9.10. The maximum absolute atomic E-state index is 13.9. The number of rotatable bonds is 6. The summed E-state index contributed by atoms with van der Waals surface area (Å²) in [5.41, 5.74) is 2.01. The first-order valence-electron chi connectivity index (χ1n) is 9.63. The van der Waals surface area contributed by atoms with E-state index in [0.29, 0.717) is 11.1 Å². The average molecular weight is 437 g/mol. The van der Waals surface area contributed by atoms with Crippen molar-refractivity contribution in [2.24, 2.45) is 5.16 Å². The number of imide groups is 1. The fourth-order valence-corrected chi connectivity index (χ4v) is 3.66. The number of halogens is 2. The summed E-state index contributed by atoms with van der Waals surface area (Å²) in [5, 5.41) is 4.11. The fraction of sp³-hybridized carbons (Fsp3) is 0.125. The van der Waals surface area contributed by atoms with Gasteiger partial charge in [0.25, 0.3) is 5.91 Å². The molecule has 0 aliphatic carbocycles. The molecular formula is C24H18ClFN2O3. The number of oxime groups is 1. The first kappa shape index (κ1) is 20.8. The molecular weight excluding hydrogens is 419 g/mol. The molecule has 0 fully saturated rings. The predicted octanol–water partition coefficient (Wildman–Crippen LogP) is 4.95. The van der Waals surface area contributed by atoms with Gasteiger partial charge in [-0.3, -0.25) is 14.5 Å². The van der Waals surface area contributed by atoms with E-state index in [0.717, 1.165) is 5.56 Å². The standard InChI is InChI=1S/C24H18ClFN2O3/c25-21-11-6-12-22(26)20(21)15-31-27-13-19-17-9-4-5-10-18(17)23(29)28(24(19)30)14-16-7-2-1-3-8-16/h1-13,19H,14-15H2/b27-13-/t19-/m0/s1. The summed E-state index contributed by atoms with van der Waals surface area (Å²) in [5.74, 6) is -2.05. The lowest BCUT2D eigenvalue weighted by Gasteiger charge is -2.30. The number of carbonyl (C=O) groups is 2. The molecule has 1 aliphatic rings. The lowest BCUT2D eigenvalue weighted by atomic mass is 9.89. The Morgan fingerprint density at radius 2 is 1.74 bits per heavy atom. The molecule has 0 aromatic heterocycles. The number of amides is 2. The molecule has 5 nitrogen and oxygen atoms in total. The third-order valence-electron chi connectivity index (χ3n) is 5.04. The summed E-state index contributed by atoms with van der Waals surface area (Å²) in [7, 11) is 0. The molecule has 0 N–H and O–H groups in total. The van der Waals surface area contributed by atoms with E-state index in [2.05, 4.69) is 5.16 Å². The summed E-state index contributed by atoms with van der Waals surface area (Å²) >= 11 is 5.99. The van der Waals surface area contributed by atoms with E-state index in [1.54, 1.807) is 30.3 Å². The SMILES string of the molecule is O=C1c2ccccc2[C@H](/C=N\OCc2c(F)cccc2Cl)C(=O)N1Cc1ccccc1. The lowest BCUT2D eigenvalue weighted by Crippen LogP contribution is -2.44. The van der Waals surface area contributed by atoms with Crippen LogP contribution in [0.2, 0.25) is 5.02 Å². The van der Waals surface area contributed by atoms with Crippen molar-refractivity contribution in [2.45, 2.75) is 19.1 Å². The van der Waals surface area contributed by atoms with E-state index in [-0.39, 0.29) is 29.6 Å². The van der Waals surface area contributed by atoms with Crippen LogP contribution in [0.25, 0.3) is 0 Å². The van der Waals surface area contributed by atoms with E-state index in [9.17, 15) is 14.0 Å². The van der Waals surface area contributed by atoms with Crippen molar-refractivity contribution < 1.29 is 18.8 Å². The molecule has 0 saturated carbocycles. The molecule has 1 atom stereocenters. The van der Waals surface area contributed by atoms with Crippen molar-refractivity contribution in [3.63, 3.8) is 0 Å². The quantitative estimate of drug-likeness (QED) is 0.312. The molecule has 1 aliphatic heterocycles. The van der Waals surface area contributed by atoms with E-state index in [1.165, 1.54) is 23.2 Å². The van der Waals surface area contributed by atoms with Gasteiger partial charge in [-0.2, -0.15) is 0 Å². The number of benzene rings is 3. The Morgan fingerprint density at radius 3 is 2.52 bits per heavy atom. The van der Waals surface area contributed by atoms with Crippen LogP contribution in [0.3, 0.4) is 0 Å². The van der Waals surface area contributed by atoms with Crippen molar-refractivity contribution in [3.8, 4) is 0 Å². The van der Waals surface area contributed by atoms with Crippen LogP contribution in [0.4, 0.5) is 4.39 Å². The fourth-order valence-electron chi connectivity index (χ4n) is 3.45. The van der Waals surface area contributed by atoms with E-state index >= 15 is 0 Å². The Labute approximate surface area is 183 Å². The summed E-state index contributed by atoms with van der Waals surface area (Å²) in [4.78, 5) is 32.5. The van der Waals surface area contributed by atoms with Crippen LogP contribution in [0.15, 0.2) is 78.0 Å². The topological polar surface area (TPSA) is 59.0 Å². The molecule has 0 unspecified atom stereocenters. The number of carbonyl (C=O) groups excluding carboxylic acids is 2. The van der Waals surface area contributed by atoms with Crippen LogP contribution < -0.4 is 0 Å². The predicted molar refractivity (Wildman–Crippen MR) is 115 cm³/mol. The van der Waals surface area contributed by atoms with Gasteiger partial charge in [0.15, 0.2) is 0 Å². The molecule has 3 aromatic carbocycles. The van der Waals surface area contributed by atoms with Gasteiger partial charge in [0.2, 0.25) is 5.91 Å². The molecule has 0 saturated heterocycles. The highest BCUT2D eigenvalue weighted by Crippen LogP contribution is 2.29. The molecule has 4 rings (SSSR count). The number of fused-ring (bicyclic) bond motifs is 1. The monoisotopic (exact) mass is 436 g/mol. The Morgan fingerprint density at radius 1 is 1.00 bits per heavy atom. The summed E-state index contributed by atoms with van der Waals surface area (Å²) < 4.78 is 13.9. The minimum atomic E-state index is -0.797. The Balaban J connectivity index is 1.57. The number of hydrogen-bond donors (Lipinski definition) is 0. The molecule has 7 heteroatoms. The van der Waals surface area contributed by atoms with Gasteiger partial charge in [0.1, 0.15) is 18.3 Å². The Bertz CT molecular complexity index is 1130. The van der Waals surface area contributed by atoms with E-state index < -0.39 is 17.6 Å². The van der Waals surface area contributed by atoms with Gasteiger partial charge in [0.05, 0.1) is 17.8 Å². The number of hydrogen-bond acceptors (Lipinski definition) is 4. The minimum absolute atomic E-state index is 0.156. The van der Waals surface area contributed by atoms with Crippen LogP contribution in [0.5, 0.6) is 0 Å². The van der Waals surface area contributed by atoms with Crippen LogP contribution in [0.1, 0.15) is 33.0 Å². The van der Waals surface area contributed by atoms with Gasteiger partial charge in [-0.05, 0) is 29.3 Å². The maximum atomic E-state index is 13.9. The normalized spacial score (nSPS) is 15.9. The summed E-state index contributed by atoms with van der Waals surface area (Å²) in [6.07, 6.45) is 1.33. The smallest absolute Gasteiger partial charge is 0.261 e. The second-order valence-electron chi connectivity index (χ2n) is 7.01. The largest absolute Gasteiger partial charge is 0.391 e. The van der Waals surface area contributed by atoms with Gasteiger partial charge in [0, 0.05) is 11.1 Å². The third-order valence-corrected chi connectivity index (χ3v) is 5.40. The highest BCUT2D eigenvalue weighted by atomic mass is 35.5. The Kier molecular flexibility index (Phi) is 6.09. The van der Waals surface area contributed by atoms with E-state index in [1.807, 2.05) is 30.3 Å². The van der Waals surface area contributed by atoms with Gasteiger partial charge in [-0.1, -0.05) is 71.4 Å². The third kappa shape index (κ3) is 4.34. The van der Waals surface area contributed by atoms with Gasteiger partial charge < -0.3 is 4.84 Å². The van der Waals surface area contributed by atoms with Crippen molar-refractivity contribution >= 4 is 29.6 Å². The molecule has 2 amide bonds. The van der Waals surface area contributed by atoms with Crippen molar-refractivity contribution in [3.05, 3.63) is 106 Å². The summed E-state index contributed by atoms with van der Waals surface area (Å²) in [6, 6.07) is 20.5. The van der Waals surface area contributed by atoms with Gasteiger partial charge in [-0.15, -0.1) is 0 Å². The minimum Gasteiger partial charge on any atom is -0.391 e. The Hall–Kier alpha value is -3.51. The molecule has 0 spiro atoms. The molecule has 31 heavy (non-hydrogen) atoms. The average Bonchev–Trinajstić information content (AvgIpc) is 2.78. The first-order valence-corrected chi connectivity index (χ1v) is 10.0. The van der Waals surface area contributed by atoms with Crippen LogP contribution >= 0.6 is 11.6 Å². The van der Waals surface area contributed by atoms with Crippen molar-refractivity contribution in [1.82, 2.24) is 4.90 Å². The first-order chi connectivity index (χ1) is 15.1. The van der Waals surface area contributed by atoms with Crippen molar-refractivity contribution in [1.29, 1.82) is 0 Å².